The minimum atomic E-state index is -0.590. The maximum atomic E-state index is 12.6. The van der Waals surface area contributed by atoms with E-state index in [2.05, 4.69) is 0 Å². The summed E-state index contributed by atoms with van der Waals surface area (Å²) in [6.07, 6.45) is 5.25. The molecule has 0 amide bonds. The molecule has 0 atom stereocenters. The fraction of sp³-hybridized carbons (Fsp3) is 0.0769. The number of hydrogen-bond donors (Lipinski definition) is 0. The topological polar surface area (TPSA) is 71.1 Å². The van der Waals surface area contributed by atoms with Gasteiger partial charge in [0.2, 0.25) is 5.78 Å². The van der Waals surface area contributed by atoms with E-state index in [1.165, 1.54) is 20.3 Å². The third-order valence-electron chi connectivity index (χ3n) is 4.77. The van der Waals surface area contributed by atoms with Gasteiger partial charge in [-0.2, -0.15) is 0 Å². The van der Waals surface area contributed by atoms with Gasteiger partial charge in [0.25, 0.3) is 0 Å². The highest BCUT2D eigenvalue weighted by atomic mass is 16.5. The van der Waals surface area contributed by atoms with Crippen molar-refractivity contribution in [1.29, 1.82) is 0 Å². The van der Waals surface area contributed by atoms with Crippen molar-refractivity contribution in [3.05, 3.63) is 101 Å². The lowest BCUT2D eigenvalue weighted by atomic mass is 10.1. The maximum absolute atomic E-state index is 12.6. The maximum Gasteiger partial charge on any atom is 0.343 e. The zero-order valence-corrected chi connectivity index (χ0v) is 17.5. The number of fused-ring (bicyclic) bond motifs is 1. The molecule has 0 unspecified atom stereocenters. The Bertz CT molecular complexity index is 1200. The van der Waals surface area contributed by atoms with Crippen molar-refractivity contribution in [2.45, 2.75) is 0 Å². The van der Waals surface area contributed by atoms with E-state index in [0.29, 0.717) is 22.8 Å². The van der Waals surface area contributed by atoms with Crippen molar-refractivity contribution in [1.82, 2.24) is 0 Å². The van der Waals surface area contributed by atoms with Crippen molar-refractivity contribution >= 4 is 17.8 Å². The minimum absolute atomic E-state index is 0.202. The van der Waals surface area contributed by atoms with Gasteiger partial charge in [0, 0.05) is 12.1 Å². The molecule has 1 heterocycles. The second kappa shape index (κ2) is 9.22. The lowest BCUT2D eigenvalue weighted by molar-refractivity contribution is 0.0733. The molecule has 0 spiro atoms. The van der Waals surface area contributed by atoms with Gasteiger partial charge in [-0.1, -0.05) is 42.5 Å². The quantitative estimate of drug-likeness (QED) is 0.309. The number of methoxy groups -OCH3 is 2. The van der Waals surface area contributed by atoms with Crippen LogP contribution in [0.4, 0.5) is 0 Å². The number of ether oxygens (including phenoxy) is 4. The van der Waals surface area contributed by atoms with Gasteiger partial charge in [0.15, 0.2) is 5.76 Å². The Balaban J connectivity index is 1.50. The van der Waals surface area contributed by atoms with Crippen molar-refractivity contribution in [3.63, 3.8) is 0 Å². The molecule has 0 aromatic heterocycles. The molecule has 32 heavy (non-hydrogen) atoms. The standard InChI is InChI=1S/C26H20O6/c1-29-20-13-18(14-21(15-20)30-2)26(28)31-19-11-12-22-24(16-19)32-23(25(22)27)10-6-9-17-7-4-3-5-8-17/h3-16H,1-2H3/b9-6+,23-10-. The van der Waals surface area contributed by atoms with E-state index < -0.39 is 5.97 Å². The molecule has 0 saturated carbocycles. The van der Waals surface area contributed by atoms with Crippen LogP contribution in [0.3, 0.4) is 0 Å². The van der Waals surface area contributed by atoms with Crippen LogP contribution in [0.15, 0.2) is 84.6 Å². The fourth-order valence-electron chi connectivity index (χ4n) is 3.15. The molecule has 1 aliphatic rings. The van der Waals surface area contributed by atoms with E-state index in [1.807, 2.05) is 36.4 Å². The molecule has 160 valence electrons. The Morgan fingerprint density at radius 3 is 2.28 bits per heavy atom. The van der Waals surface area contributed by atoms with Crippen LogP contribution in [0.2, 0.25) is 0 Å². The number of esters is 1. The summed E-state index contributed by atoms with van der Waals surface area (Å²) in [6.45, 7) is 0. The number of ketones is 1. The number of Topliss-reactive ketones (excluding diaryl/α,β-unsaturated/α-hetero) is 1. The van der Waals surface area contributed by atoms with E-state index >= 15 is 0 Å². The third kappa shape index (κ3) is 4.54. The summed E-state index contributed by atoms with van der Waals surface area (Å²) in [5, 5.41) is 0. The zero-order chi connectivity index (χ0) is 22.5. The lowest BCUT2D eigenvalue weighted by Crippen LogP contribution is -2.09. The number of hydrogen-bond acceptors (Lipinski definition) is 6. The van der Waals surface area contributed by atoms with E-state index in [0.717, 1.165) is 5.56 Å². The van der Waals surface area contributed by atoms with E-state index in [1.54, 1.807) is 42.5 Å². The van der Waals surface area contributed by atoms with Crippen LogP contribution >= 0.6 is 0 Å². The minimum Gasteiger partial charge on any atom is -0.497 e. The van der Waals surface area contributed by atoms with E-state index in [4.69, 9.17) is 18.9 Å². The molecule has 0 fully saturated rings. The summed E-state index contributed by atoms with van der Waals surface area (Å²) in [5.41, 5.74) is 1.69. The summed E-state index contributed by atoms with van der Waals surface area (Å²) < 4.78 is 21.5. The van der Waals surface area contributed by atoms with Gasteiger partial charge < -0.3 is 18.9 Å². The first kappa shape index (κ1) is 20.9. The molecule has 0 bridgehead atoms. The molecule has 6 nitrogen and oxygen atoms in total. The van der Waals surface area contributed by atoms with Crippen LogP contribution in [0, 0.1) is 0 Å². The molecule has 3 aromatic carbocycles. The molecule has 3 aromatic rings. The molecule has 0 saturated heterocycles. The smallest absolute Gasteiger partial charge is 0.343 e. The number of carbonyl (C=O) groups excluding carboxylic acids is 2. The van der Waals surface area contributed by atoms with E-state index in [9.17, 15) is 9.59 Å². The normalized spacial score (nSPS) is 13.7. The van der Waals surface area contributed by atoms with Gasteiger partial charge in [-0.05, 0) is 35.9 Å². The van der Waals surface area contributed by atoms with Crippen LogP contribution in [-0.4, -0.2) is 26.0 Å². The molecular weight excluding hydrogens is 408 g/mol. The van der Waals surface area contributed by atoms with Gasteiger partial charge in [0.1, 0.15) is 23.0 Å². The Kier molecular flexibility index (Phi) is 6.03. The summed E-state index contributed by atoms with van der Waals surface area (Å²) in [7, 11) is 3.00. The third-order valence-corrected chi connectivity index (χ3v) is 4.77. The molecule has 6 heteroatoms. The first-order chi connectivity index (χ1) is 15.6. The van der Waals surface area contributed by atoms with Crippen LogP contribution in [0.5, 0.6) is 23.0 Å². The molecular formula is C26H20O6. The first-order valence-electron chi connectivity index (χ1n) is 9.82. The molecule has 4 rings (SSSR count). The largest absolute Gasteiger partial charge is 0.497 e. The Labute approximate surface area is 185 Å². The summed E-state index contributed by atoms with van der Waals surface area (Å²) in [5.74, 6) is 0.914. The number of carbonyl (C=O) groups is 2. The average Bonchev–Trinajstić information content (AvgIpc) is 3.14. The Morgan fingerprint density at radius 2 is 1.59 bits per heavy atom. The van der Waals surface area contributed by atoms with Crippen LogP contribution in [-0.2, 0) is 0 Å². The van der Waals surface area contributed by atoms with Gasteiger partial charge in [-0.15, -0.1) is 0 Å². The Hall–Kier alpha value is -4.32. The van der Waals surface area contributed by atoms with Crippen LogP contribution in [0.1, 0.15) is 26.3 Å². The summed E-state index contributed by atoms with van der Waals surface area (Å²) in [4.78, 5) is 25.2. The highest BCUT2D eigenvalue weighted by molar-refractivity contribution is 6.12. The average molecular weight is 428 g/mol. The molecule has 0 aliphatic carbocycles. The second-order valence-electron chi connectivity index (χ2n) is 6.88. The first-order valence-corrected chi connectivity index (χ1v) is 9.82. The van der Waals surface area contributed by atoms with Crippen molar-refractivity contribution in [3.8, 4) is 23.0 Å². The van der Waals surface area contributed by atoms with Crippen LogP contribution < -0.4 is 18.9 Å². The Morgan fingerprint density at radius 1 is 0.875 bits per heavy atom. The second-order valence-corrected chi connectivity index (χ2v) is 6.88. The highest BCUT2D eigenvalue weighted by Gasteiger charge is 2.27. The fourth-order valence-corrected chi connectivity index (χ4v) is 3.15. The summed E-state index contributed by atoms with van der Waals surface area (Å²) >= 11 is 0. The molecule has 0 radical (unpaired) electrons. The SMILES string of the molecule is COc1cc(OC)cc(C(=O)Oc2ccc3c(c2)O/C(=C\C=C\c2ccccc2)C3=O)c1. The zero-order valence-electron chi connectivity index (χ0n) is 17.5. The highest BCUT2D eigenvalue weighted by Crippen LogP contribution is 2.34. The van der Waals surface area contributed by atoms with Crippen molar-refractivity contribution < 1.29 is 28.5 Å². The van der Waals surface area contributed by atoms with Crippen LogP contribution in [0.25, 0.3) is 6.08 Å². The van der Waals surface area contributed by atoms with Gasteiger partial charge in [0.05, 0.1) is 25.3 Å². The predicted molar refractivity (Wildman–Crippen MR) is 119 cm³/mol. The summed E-state index contributed by atoms with van der Waals surface area (Å²) in [6, 6.07) is 19.1. The van der Waals surface area contributed by atoms with Gasteiger partial charge >= 0.3 is 5.97 Å². The van der Waals surface area contributed by atoms with Gasteiger partial charge in [-0.25, -0.2) is 4.79 Å². The van der Waals surface area contributed by atoms with Crippen molar-refractivity contribution in [2.24, 2.45) is 0 Å². The van der Waals surface area contributed by atoms with E-state index in [-0.39, 0.29) is 22.9 Å². The molecule has 0 N–H and O–H groups in total. The predicted octanol–water partition coefficient (Wildman–Crippen LogP) is 5.10. The molecule has 1 aliphatic heterocycles. The number of allylic oxidation sites excluding steroid dienone is 3. The lowest BCUT2D eigenvalue weighted by Gasteiger charge is -2.09. The van der Waals surface area contributed by atoms with Gasteiger partial charge in [-0.3, -0.25) is 4.79 Å². The number of benzene rings is 3. The monoisotopic (exact) mass is 428 g/mol. The number of rotatable bonds is 6. The van der Waals surface area contributed by atoms with Crippen molar-refractivity contribution in [2.75, 3.05) is 14.2 Å².